The molecule has 0 aromatic heterocycles. The Hall–Kier alpha value is -1.60. The molecule has 6 saturated carbocycles. The van der Waals surface area contributed by atoms with E-state index in [1.807, 2.05) is 0 Å². The summed E-state index contributed by atoms with van der Waals surface area (Å²) in [7, 11) is 0. The second kappa shape index (κ2) is 2.87. The fourth-order valence-corrected chi connectivity index (χ4v) is 7.65. The van der Waals surface area contributed by atoms with Crippen LogP contribution in [0.3, 0.4) is 0 Å². The second-order valence-corrected chi connectivity index (χ2v) is 7.19. The Kier molecular flexibility index (Phi) is 1.59. The smallest absolute Gasteiger partial charge is 0.294 e. The van der Waals surface area contributed by atoms with E-state index in [0.29, 0.717) is 35.5 Å². The Balaban J connectivity index is 1.50. The molecule has 8 heteroatoms. The molecule has 8 unspecified atom stereocenters. The minimum Gasteiger partial charge on any atom is -0.313 e. The molecule has 6 rings (SSSR count). The van der Waals surface area contributed by atoms with Gasteiger partial charge in [-0.05, 0) is 48.3 Å². The third-order valence-corrected chi connectivity index (χ3v) is 7.55. The minimum atomic E-state index is -0.738. The average molecular weight is 282 g/mol. The van der Waals surface area contributed by atoms with E-state index in [4.69, 9.17) is 9.68 Å². The van der Waals surface area contributed by atoms with E-state index in [0.717, 1.165) is 12.8 Å². The van der Waals surface area contributed by atoms with Gasteiger partial charge in [-0.2, -0.15) is 0 Å². The van der Waals surface area contributed by atoms with E-state index in [9.17, 15) is 20.2 Å². The molecule has 6 aliphatic rings. The molecule has 20 heavy (non-hydrogen) atoms. The van der Waals surface area contributed by atoms with Gasteiger partial charge in [-0.1, -0.05) is 0 Å². The minimum absolute atomic E-state index is 0.0957. The molecule has 0 radical (unpaired) electrons. The number of hydrogen-bond acceptors (Lipinski definition) is 6. The van der Waals surface area contributed by atoms with Gasteiger partial charge in [-0.3, -0.25) is 0 Å². The molecule has 0 aromatic carbocycles. The van der Waals surface area contributed by atoms with Crippen molar-refractivity contribution in [2.75, 3.05) is 13.2 Å². The molecule has 4 bridgehead atoms. The van der Waals surface area contributed by atoms with E-state index in [-0.39, 0.29) is 24.0 Å². The molecule has 0 aliphatic heterocycles. The maximum absolute atomic E-state index is 10.6. The molecule has 0 spiro atoms. The standard InChI is InChI=1S/C12H14N2O6/c15-13(16)19-3-11-2-6-7-1-5-8(6)10(11)9(5)12(7,11)4-20-14(17)18/h5-10H,1-4H2. The summed E-state index contributed by atoms with van der Waals surface area (Å²) in [5.74, 6) is 3.44. The van der Waals surface area contributed by atoms with Gasteiger partial charge in [0.2, 0.25) is 0 Å². The van der Waals surface area contributed by atoms with Gasteiger partial charge in [-0.25, -0.2) is 0 Å². The summed E-state index contributed by atoms with van der Waals surface area (Å²) in [5, 5.41) is 19.7. The van der Waals surface area contributed by atoms with Gasteiger partial charge in [0, 0.05) is 10.8 Å². The van der Waals surface area contributed by atoms with Gasteiger partial charge in [-0.15, -0.1) is 20.2 Å². The summed E-state index contributed by atoms with van der Waals surface area (Å²) in [5.41, 5.74) is -0.446. The highest BCUT2D eigenvalue weighted by Crippen LogP contribution is 2.97. The van der Waals surface area contributed by atoms with Gasteiger partial charge in [0.25, 0.3) is 10.2 Å². The maximum Gasteiger partial charge on any atom is 0.294 e. The van der Waals surface area contributed by atoms with Gasteiger partial charge >= 0.3 is 0 Å². The highest BCUT2D eigenvalue weighted by atomic mass is 17.0. The molecular weight excluding hydrogens is 268 g/mol. The van der Waals surface area contributed by atoms with Crippen molar-refractivity contribution in [2.24, 2.45) is 46.3 Å². The van der Waals surface area contributed by atoms with Crippen LogP contribution in [0.5, 0.6) is 0 Å². The molecule has 0 amide bonds. The molecule has 0 saturated heterocycles. The number of hydrogen-bond donors (Lipinski definition) is 0. The van der Waals surface area contributed by atoms with Crippen LogP contribution in [-0.4, -0.2) is 23.4 Å². The lowest BCUT2D eigenvalue weighted by atomic mass is 9.29. The average Bonchev–Trinajstić information content (AvgIpc) is 2.84. The van der Waals surface area contributed by atoms with E-state index in [1.54, 1.807) is 0 Å². The Labute approximate surface area is 113 Å². The first-order chi connectivity index (χ1) is 9.53. The van der Waals surface area contributed by atoms with Crippen LogP contribution < -0.4 is 0 Å². The van der Waals surface area contributed by atoms with Crippen LogP contribution in [0.15, 0.2) is 0 Å². The third-order valence-electron chi connectivity index (χ3n) is 7.55. The highest BCUT2D eigenvalue weighted by Gasteiger charge is 2.95. The summed E-state index contributed by atoms with van der Waals surface area (Å²) in [4.78, 5) is 30.6. The first kappa shape index (κ1) is 11.1. The van der Waals surface area contributed by atoms with Crippen molar-refractivity contribution in [1.82, 2.24) is 0 Å². The molecule has 6 aliphatic carbocycles. The quantitative estimate of drug-likeness (QED) is 0.530. The van der Waals surface area contributed by atoms with Crippen LogP contribution in [0.1, 0.15) is 12.8 Å². The maximum atomic E-state index is 10.6. The van der Waals surface area contributed by atoms with Crippen LogP contribution in [0.4, 0.5) is 0 Å². The fourth-order valence-electron chi connectivity index (χ4n) is 7.65. The summed E-state index contributed by atoms with van der Waals surface area (Å²) < 4.78 is 0. The van der Waals surface area contributed by atoms with Crippen LogP contribution in [0.25, 0.3) is 0 Å². The van der Waals surface area contributed by atoms with Crippen molar-refractivity contribution in [3.05, 3.63) is 20.2 Å². The fraction of sp³-hybridized carbons (Fsp3) is 1.00. The SMILES string of the molecule is O=[N+]([O-])OCC12CC3C4C5CC3C1(CO[N+](=O)[O-])C5C42. The van der Waals surface area contributed by atoms with Crippen molar-refractivity contribution in [3.8, 4) is 0 Å². The molecule has 8 nitrogen and oxygen atoms in total. The predicted molar refractivity (Wildman–Crippen MR) is 60.9 cm³/mol. The van der Waals surface area contributed by atoms with Gasteiger partial charge in [0.05, 0.1) is 0 Å². The molecule has 108 valence electrons. The summed E-state index contributed by atoms with van der Waals surface area (Å²) in [6.45, 7) is 0.199. The number of nitrogens with zero attached hydrogens (tertiary/aromatic N) is 2. The molecule has 8 atom stereocenters. The van der Waals surface area contributed by atoms with E-state index < -0.39 is 10.2 Å². The zero-order valence-electron chi connectivity index (χ0n) is 10.6. The normalized spacial score (nSPS) is 58.2. The third kappa shape index (κ3) is 0.785. The lowest BCUT2D eigenvalue weighted by Gasteiger charge is -2.75. The van der Waals surface area contributed by atoms with Crippen molar-refractivity contribution in [1.29, 1.82) is 0 Å². The molecule has 0 aromatic rings. The van der Waals surface area contributed by atoms with Crippen LogP contribution >= 0.6 is 0 Å². The Morgan fingerprint density at radius 2 is 1.75 bits per heavy atom. The van der Waals surface area contributed by atoms with Crippen LogP contribution in [0, 0.1) is 66.6 Å². The first-order valence-electron chi connectivity index (χ1n) is 7.07. The van der Waals surface area contributed by atoms with Gasteiger partial charge in [0.15, 0.2) is 0 Å². The zero-order valence-corrected chi connectivity index (χ0v) is 10.6. The topological polar surface area (TPSA) is 105 Å². The lowest BCUT2D eigenvalue weighted by molar-refractivity contribution is -0.771. The highest BCUT2D eigenvalue weighted by molar-refractivity contribution is 5.42. The second-order valence-electron chi connectivity index (χ2n) is 7.19. The van der Waals surface area contributed by atoms with Crippen LogP contribution in [0.2, 0.25) is 0 Å². The molecule has 6 fully saturated rings. The Bertz CT molecular complexity index is 554. The molecule has 0 heterocycles. The van der Waals surface area contributed by atoms with Crippen molar-refractivity contribution in [2.45, 2.75) is 12.8 Å². The zero-order chi connectivity index (χ0) is 13.9. The summed E-state index contributed by atoms with van der Waals surface area (Å²) in [6, 6.07) is 0. The molecule has 0 N–H and O–H groups in total. The van der Waals surface area contributed by atoms with Crippen molar-refractivity contribution < 1.29 is 19.8 Å². The van der Waals surface area contributed by atoms with Crippen LogP contribution in [-0.2, 0) is 9.68 Å². The lowest BCUT2D eigenvalue weighted by Crippen LogP contribution is -2.76. The van der Waals surface area contributed by atoms with Crippen molar-refractivity contribution in [3.63, 3.8) is 0 Å². The predicted octanol–water partition coefficient (Wildman–Crippen LogP) is 0.921. The van der Waals surface area contributed by atoms with E-state index in [2.05, 4.69) is 0 Å². The van der Waals surface area contributed by atoms with E-state index in [1.165, 1.54) is 0 Å². The first-order valence-corrected chi connectivity index (χ1v) is 7.07. The monoisotopic (exact) mass is 282 g/mol. The largest absolute Gasteiger partial charge is 0.313 e. The Morgan fingerprint density at radius 3 is 2.45 bits per heavy atom. The van der Waals surface area contributed by atoms with Crippen molar-refractivity contribution >= 4 is 0 Å². The number of rotatable bonds is 6. The van der Waals surface area contributed by atoms with E-state index >= 15 is 0 Å². The Morgan fingerprint density at radius 1 is 1.05 bits per heavy atom. The summed E-state index contributed by atoms with van der Waals surface area (Å²) >= 11 is 0. The van der Waals surface area contributed by atoms with Gasteiger partial charge < -0.3 is 9.68 Å². The van der Waals surface area contributed by atoms with Gasteiger partial charge in [0.1, 0.15) is 13.2 Å². The molecular formula is C12H14N2O6. The summed E-state index contributed by atoms with van der Waals surface area (Å²) in [6.07, 6.45) is 2.08.